The average Bonchev–Trinajstić information content (AvgIpc) is 3.21. The molecule has 1 fully saturated rings. The molecule has 0 bridgehead atoms. The van der Waals surface area contributed by atoms with Gasteiger partial charge in [-0.1, -0.05) is 12.1 Å². The number of ether oxygens (including phenoxy) is 1. The molecule has 0 radical (unpaired) electrons. The van der Waals surface area contributed by atoms with Crippen LogP contribution in [-0.2, 0) is 0 Å². The lowest BCUT2D eigenvalue weighted by molar-refractivity contribution is -0.0164. The highest BCUT2D eigenvalue weighted by molar-refractivity contribution is 5.83. The second kappa shape index (κ2) is 7.09. The van der Waals surface area contributed by atoms with Gasteiger partial charge in [-0.05, 0) is 25.1 Å². The zero-order chi connectivity index (χ0) is 19.0. The highest BCUT2D eigenvalue weighted by Crippen LogP contribution is 2.36. The summed E-state index contributed by atoms with van der Waals surface area (Å²) >= 11 is 0. The van der Waals surface area contributed by atoms with Crippen molar-refractivity contribution in [1.82, 2.24) is 14.5 Å². The minimum absolute atomic E-state index is 0.330. The van der Waals surface area contributed by atoms with Gasteiger partial charge in [0.1, 0.15) is 36.0 Å². The van der Waals surface area contributed by atoms with Crippen LogP contribution in [0.5, 0.6) is 5.75 Å². The third-order valence-corrected chi connectivity index (χ3v) is 5.13. The Morgan fingerprint density at radius 1 is 1.19 bits per heavy atom. The fourth-order valence-electron chi connectivity index (χ4n) is 3.72. The third-order valence-electron chi connectivity index (χ3n) is 5.13. The van der Waals surface area contributed by atoms with Crippen LogP contribution in [0.15, 0.2) is 47.8 Å². The first-order chi connectivity index (χ1) is 13.1. The molecular weight excluding hydrogens is 344 g/mol. The molecule has 0 saturated heterocycles. The van der Waals surface area contributed by atoms with Crippen LogP contribution in [0.1, 0.15) is 23.7 Å². The number of rotatable bonds is 4. The van der Waals surface area contributed by atoms with Gasteiger partial charge in [-0.2, -0.15) is 0 Å². The van der Waals surface area contributed by atoms with Crippen LogP contribution in [0.3, 0.4) is 0 Å². The zero-order valence-corrected chi connectivity index (χ0v) is 15.2. The predicted octanol–water partition coefficient (Wildman–Crippen LogP) is 1.90. The first-order valence-corrected chi connectivity index (χ1v) is 8.92. The van der Waals surface area contributed by atoms with Crippen LogP contribution in [-0.4, -0.2) is 56.3 Å². The summed E-state index contributed by atoms with van der Waals surface area (Å²) in [6.45, 7) is 1.92. The molecule has 0 unspecified atom stereocenters. The van der Waals surface area contributed by atoms with E-state index < -0.39 is 18.3 Å². The minimum atomic E-state index is -0.998. The Morgan fingerprint density at radius 2 is 2.00 bits per heavy atom. The van der Waals surface area contributed by atoms with E-state index in [1.807, 2.05) is 48.0 Å². The molecule has 4 rings (SSSR count). The van der Waals surface area contributed by atoms with Crippen molar-refractivity contribution in [1.29, 1.82) is 0 Å². The molecular formula is C20H22N4O3. The standard InChI is InChI=1S/C20H22N4O3/c1-12-14-7-8-24(20(14)23-11-22-12)15-9-17(19(26)18(15)25)27-16-6-4-3-5-13(16)10-21-2/h3-8,10-11,15,17-19,25-26H,9H2,1-2H3/b21-10-/t15-,17+,18+,19-/m1/s1. The summed E-state index contributed by atoms with van der Waals surface area (Å²) < 4.78 is 7.96. The average molecular weight is 366 g/mol. The maximum Gasteiger partial charge on any atom is 0.143 e. The number of aryl methyl sites for hydroxylation is 1. The number of para-hydroxylation sites is 1. The van der Waals surface area contributed by atoms with Crippen molar-refractivity contribution in [2.75, 3.05) is 7.05 Å². The second-order valence-corrected chi connectivity index (χ2v) is 6.79. The lowest BCUT2D eigenvalue weighted by Crippen LogP contribution is -2.34. The molecule has 0 amide bonds. The van der Waals surface area contributed by atoms with E-state index in [2.05, 4.69) is 15.0 Å². The highest BCUT2D eigenvalue weighted by Gasteiger charge is 2.44. The summed E-state index contributed by atoms with van der Waals surface area (Å²) in [6.07, 6.45) is 3.09. The first-order valence-electron chi connectivity index (χ1n) is 8.92. The van der Waals surface area contributed by atoms with Gasteiger partial charge < -0.3 is 19.5 Å². The highest BCUT2D eigenvalue weighted by atomic mass is 16.5. The SMILES string of the molecule is C/N=C\c1ccccc1O[C@H]1C[C@@H](n2ccc3c(C)ncnc32)[C@H](O)[C@@H]1O. The van der Waals surface area contributed by atoms with Gasteiger partial charge >= 0.3 is 0 Å². The molecule has 0 aliphatic heterocycles. The quantitative estimate of drug-likeness (QED) is 0.688. The predicted molar refractivity (Wildman–Crippen MR) is 102 cm³/mol. The van der Waals surface area contributed by atoms with Gasteiger partial charge in [-0.15, -0.1) is 0 Å². The Morgan fingerprint density at radius 3 is 2.81 bits per heavy atom. The van der Waals surface area contributed by atoms with Gasteiger partial charge in [0.2, 0.25) is 0 Å². The van der Waals surface area contributed by atoms with E-state index in [0.717, 1.165) is 22.3 Å². The van der Waals surface area contributed by atoms with E-state index in [-0.39, 0.29) is 6.04 Å². The Hall–Kier alpha value is -2.77. The molecule has 1 aromatic carbocycles. The molecule has 7 heteroatoms. The number of hydrogen-bond acceptors (Lipinski definition) is 6. The monoisotopic (exact) mass is 366 g/mol. The Balaban J connectivity index is 1.62. The molecule has 1 aliphatic carbocycles. The topological polar surface area (TPSA) is 92.8 Å². The minimum Gasteiger partial charge on any atom is -0.487 e. The van der Waals surface area contributed by atoms with Crippen LogP contribution in [0.2, 0.25) is 0 Å². The lowest BCUT2D eigenvalue weighted by Gasteiger charge is -2.19. The van der Waals surface area contributed by atoms with Crippen LogP contribution < -0.4 is 4.74 Å². The Bertz CT molecular complexity index is 984. The fraction of sp³-hybridized carbons (Fsp3) is 0.350. The van der Waals surface area contributed by atoms with E-state index in [1.165, 1.54) is 6.33 Å². The summed E-state index contributed by atoms with van der Waals surface area (Å²) in [7, 11) is 1.70. The molecule has 1 saturated carbocycles. The number of aliphatic hydroxyl groups is 2. The molecule has 4 atom stereocenters. The van der Waals surface area contributed by atoms with E-state index >= 15 is 0 Å². The number of fused-ring (bicyclic) bond motifs is 1. The maximum atomic E-state index is 10.7. The fourth-order valence-corrected chi connectivity index (χ4v) is 3.72. The summed E-state index contributed by atoms with van der Waals surface area (Å²) in [5, 5.41) is 22.2. The normalized spacial score (nSPS) is 25.5. The maximum absolute atomic E-state index is 10.7. The van der Waals surface area contributed by atoms with Crippen molar-refractivity contribution in [3.63, 3.8) is 0 Å². The summed E-state index contributed by atoms with van der Waals surface area (Å²) in [5.41, 5.74) is 2.46. The van der Waals surface area contributed by atoms with E-state index in [1.54, 1.807) is 13.3 Å². The van der Waals surface area contributed by atoms with E-state index in [9.17, 15) is 10.2 Å². The van der Waals surface area contributed by atoms with Gasteiger partial charge in [-0.3, -0.25) is 4.99 Å². The lowest BCUT2D eigenvalue weighted by atomic mass is 10.2. The summed E-state index contributed by atoms with van der Waals surface area (Å²) in [5.74, 6) is 0.635. The molecule has 2 aromatic heterocycles. The van der Waals surface area contributed by atoms with Crippen LogP contribution in [0.25, 0.3) is 11.0 Å². The van der Waals surface area contributed by atoms with Gasteiger partial charge in [-0.25, -0.2) is 9.97 Å². The zero-order valence-electron chi connectivity index (χ0n) is 15.2. The smallest absolute Gasteiger partial charge is 0.143 e. The molecule has 0 spiro atoms. The molecule has 1 aliphatic rings. The molecule has 3 aromatic rings. The Labute approximate surface area is 157 Å². The van der Waals surface area contributed by atoms with Gasteiger partial charge in [0, 0.05) is 36.8 Å². The second-order valence-electron chi connectivity index (χ2n) is 6.79. The van der Waals surface area contributed by atoms with Crippen molar-refractivity contribution < 1.29 is 14.9 Å². The third kappa shape index (κ3) is 3.09. The number of aromatic nitrogens is 3. The van der Waals surface area contributed by atoms with E-state index in [4.69, 9.17) is 4.74 Å². The number of benzene rings is 1. The van der Waals surface area contributed by atoms with Crippen LogP contribution >= 0.6 is 0 Å². The molecule has 7 nitrogen and oxygen atoms in total. The molecule has 2 heterocycles. The first kappa shape index (κ1) is 17.6. The number of nitrogens with zero attached hydrogens (tertiary/aromatic N) is 4. The number of aliphatic imine (C=N–C) groups is 1. The number of aliphatic hydroxyl groups excluding tert-OH is 2. The van der Waals surface area contributed by atoms with Gasteiger partial charge in [0.15, 0.2) is 0 Å². The van der Waals surface area contributed by atoms with Crippen LogP contribution in [0, 0.1) is 6.92 Å². The molecule has 27 heavy (non-hydrogen) atoms. The number of hydrogen-bond donors (Lipinski definition) is 2. The van der Waals surface area contributed by atoms with Crippen molar-refractivity contribution in [3.05, 3.63) is 54.1 Å². The van der Waals surface area contributed by atoms with Crippen molar-refractivity contribution in [3.8, 4) is 5.75 Å². The largest absolute Gasteiger partial charge is 0.487 e. The van der Waals surface area contributed by atoms with Gasteiger partial charge in [0.05, 0.1) is 11.7 Å². The van der Waals surface area contributed by atoms with Crippen molar-refractivity contribution in [2.24, 2.45) is 4.99 Å². The van der Waals surface area contributed by atoms with Crippen molar-refractivity contribution in [2.45, 2.75) is 37.7 Å². The summed E-state index contributed by atoms with van der Waals surface area (Å²) in [6, 6.07) is 9.12. The van der Waals surface area contributed by atoms with Gasteiger partial charge in [0.25, 0.3) is 0 Å². The van der Waals surface area contributed by atoms with Crippen molar-refractivity contribution >= 4 is 17.2 Å². The molecule has 2 N–H and O–H groups in total. The van der Waals surface area contributed by atoms with E-state index in [0.29, 0.717) is 12.2 Å². The Kier molecular flexibility index (Phi) is 4.63. The summed E-state index contributed by atoms with van der Waals surface area (Å²) in [4.78, 5) is 12.6. The van der Waals surface area contributed by atoms with Crippen LogP contribution in [0.4, 0.5) is 0 Å². The molecule has 140 valence electrons.